The number of amides is 1. The van der Waals surface area contributed by atoms with E-state index in [1.165, 1.54) is 19.2 Å². The van der Waals surface area contributed by atoms with Crippen molar-refractivity contribution in [2.24, 2.45) is 5.92 Å². The van der Waals surface area contributed by atoms with Crippen LogP contribution < -0.4 is 10.0 Å². The summed E-state index contributed by atoms with van der Waals surface area (Å²) >= 11 is 0. The number of methoxy groups -OCH3 is 2. The van der Waals surface area contributed by atoms with Crippen LogP contribution in [0.4, 0.5) is 5.69 Å². The predicted octanol–water partition coefficient (Wildman–Crippen LogP) is 5.72. The van der Waals surface area contributed by atoms with Gasteiger partial charge in [-0.25, -0.2) is 8.42 Å². The molecule has 0 aliphatic rings. The Morgan fingerprint density at radius 2 is 1.57 bits per heavy atom. The maximum absolute atomic E-state index is 13.1. The molecule has 0 aliphatic carbocycles. The van der Waals surface area contributed by atoms with Crippen LogP contribution in [0.25, 0.3) is 22.1 Å². The summed E-state index contributed by atoms with van der Waals surface area (Å²) in [6.45, 7) is 6.02. The average molecular weight is 593 g/mol. The summed E-state index contributed by atoms with van der Waals surface area (Å²) in [5.74, 6) is -1.00. The van der Waals surface area contributed by atoms with Crippen LogP contribution in [0, 0.1) is 12.8 Å². The van der Waals surface area contributed by atoms with Crippen molar-refractivity contribution >= 4 is 38.6 Å². The Balaban J connectivity index is 1.46. The van der Waals surface area contributed by atoms with Gasteiger partial charge >= 0.3 is 5.97 Å². The van der Waals surface area contributed by atoms with E-state index in [2.05, 4.69) is 10.0 Å². The molecule has 0 radical (unpaired) electrons. The first-order chi connectivity index (χ1) is 20.1. The summed E-state index contributed by atoms with van der Waals surface area (Å²) in [7, 11) is -1.04. The van der Waals surface area contributed by atoms with Gasteiger partial charge in [-0.3, -0.25) is 9.59 Å². The Labute approximate surface area is 246 Å². The average Bonchev–Trinajstić information content (AvgIpc) is 3.33. The van der Waals surface area contributed by atoms with Crippen molar-refractivity contribution < 1.29 is 31.9 Å². The van der Waals surface area contributed by atoms with Crippen molar-refractivity contribution in [3.63, 3.8) is 0 Å². The molecule has 0 spiro atoms. The highest BCUT2D eigenvalue weighted by molar-refractivity contribution is 7.89. The van der Waals surface area contributed by atoms with Gasteiger partial charge in [0.1, 0.15) is 11.6 Å². The number of sulfonamides is 1. The van der Waals surface area contributed by atoms with Gasteiger partial charge in [-0.1, -0.05) is 50.2 Å². The van der Waals surface area contributed by atoms with Crippen LogP contribution in [-0.4, -0.2) is 47.2 Å². The molecule has 0 aliphatic heterocycles. The summed E-state index contributed by atoms with van der Waals surface area (Å²) in [5, 5.41) is 3.86. The zero-order valence-corrected chi connectivity index (χ0v) is 25.2. The number of ether oxygens (including phenoxy) is 2. The van der Waals surface area contributed by atoms with Crippen LogP contribution in [0.2, 0.25) is 0 Å². The molecule has 4 aromatic rings. The first-order valence-electron chi connectivity index (χ1n) is 13.7. The van der Waals surface area contributed by atoms with Gasteiger partial charge in [-0.2, -0.15) is 4.72 Å². The van der Waals surface area contributed by atoms with Crippen molar-refractivity contribution in [1.29, 1.82) is 0 Å². The highest BCUT2D eigenvalue weighted by Crippen LogP contribution is 2.30. The number of nitrogens with one attached hydrogen (secondary N) is 2. The van der Waals surface area contributed by atoms with Crippen LogP contribution in [0.5, 0.6) is 0 Å². The molecule has 0 saturated carbocycles. The fourth-order valence-electron chi connectivity index (χ4n) is 4.80. The zero-order valence-electron chi connectivity index (χ0n) is 24.4. The SMILES string of the molecule is COCCCc1cccc2oc(C(=O)Nc3ccc(-c4ccc(S(=O)(=O)N[C@H](C(=O)OC)C(C)C)cc4)cc3)c(C)c12. The third-order valence-electron chi connectivity index (χ3n) is 7.09. The molecule has 0 bridgehead atoms. The van der Waals surface area contributed by atoms with E-state index in [1.807, 2.05) is 37.3 Å². The smallest absolute Gasteiger partial charge is 0.324 e. The standard InChI is InChI=1S/C32H36N2O7S/c1-20(2)29(32(36)40-5)34-42(37,38)26-17-13-23(14-18-26)22-11-15-25(16-12-22)33-31(35)30-21(3)28-24(9-7-19-39-4)8-6-10-27(28)41-30/h6,8,10-18,20,29,34H,7,9,19H2,1-5H3,(H,33,35)/t29-/m0/s1. The highest BCUT2D eigenvalue weighted by atomic mass is 32.2. The Morgan fingerprint density at radius 1 is 0.929 bits per heavy atom. The maximum Gasteiger partial charge on any atom is 0.324 e. The Bertz CT molecular complexity index is 1660. The lowest BCUT2D eigenvalue weighted by atomic mass is 10.0. The van der Waals surface area contributed by atoms with Gasteiger partial charge in [0.05, 0.1) is 12.0 Å². The Hall–Kier alpha value is -3.99. The minimum atomic E-state index is -3.94. The minimum Gasteiger partial charge on any atom is -0.468 e. The van der Waals surface area contributed by atoms with E-state index in [9.17, 15) is 18.0 Å². The number of furan rings is 1. The first-order valence-corrected chi connectivity index (χ1v) is 15.2. The predicted molar refractivity (Wildman–Crippen MR) is 162 cm³/mol. The van der Waals surface area contributed by atoms with Crippen LogP contribution >= 0.6 is 0 Å². The molecular weight excluding hydrogens is 556 g/mol. The molecular formula is C32H36N2O7S. The van der Waals surface area contributed by atoms with Gasteiger partial charge in [-0.05, 0) is 72.7 Å². The van der Waals surface area contributed by atoms with Gasteiger partial charge in [0.25, 0.3) is 5.91 Å². The molecule has 1 amide bonds. The second kappa shape index (κ2) is 13.3. The number of carbonyl (C=O) groups excluding carboxylic acids is 2. The third kappa shape index (κ3) is 6.89. The molecule has 42 heavy (non-hydrogen) atoms. The number of aryl methyl sites for hydroxylation is 2. The van der Waals surface area contributed by atoms with Gasteiger partial charge < -0.3 is 19.2 Å². The quantitative estimate of drug-likeness (QED) is 0.159. The third-order valence-corrected chi connectivity index (χ3v) is 8.54. The van der Waals surface area contributed by atoms with Crippen molar-refractivity contribution in [1.82, 2.24) is 4.72 Å². The van der Waals surface area contributed by atoms with Crippen LogP contribution in [0.15, 0.2) is 76.0 Å². The van der Waals surface area contributed by atoms with E-state index in [0.29, 0.717) is 17.9 Å². The van der Waals surface area contributed by atoms with Gasteiger partial charge in [0.2, 0.25) is 10.0 Å². The van der Waals surface area contributed by atoms with Crippen LogP contribution in [0.3, 0.4) is 0 Å². The Morgan fingerprint density at radius 3 is 2.17 bits per heavy atom. The number of hydrogen-bond acceptors (Lipinski definition) is 7. The summed E-state index contributed by atoms with van der Waals surface area (Å²) in [5.41, 5.74) is 4.80. The number of benzene rings is 3. The lowest BCUT2D eigenvalue weighted by Crippen LogP contribution is -2.44. The zero-order chi connectivity index (χ0) is 30.4. The molecule has 1 heterocycles. The number of carbonyl (C=O) groups is 2. The minimum absolute atomic E-state index is 0.0349. The molecule has 1 aromatic heterocycles. The van der Waals surface area contributed by atoms with Gasteiger partial charge in [0.15, 0.2) is 5.76 Å². The normalized spacial score (nSPS) is 12.4. The molecule has 0 saturated heterocycles. The highest BCUT2D eigenvalue weighted by Gasteiger charge is 2.29. The molecule has 9 nitrogen and oxygen atoms in total. The molecule has 3 aromatic carbocycles. The van der Waals surface area contributed by atoms with Crippen molar-refractivity contribution in [3.05, 3.63) is 83.6 Å². The summed E-state index contributed by atoms with van der Waals surface area (Å²) in [6.07, 6.45) is 1.70. The number of fused-ring (bicyclic) bond motifs is 1. The number of hydrogen-bond donors (Lipinski definition) is 2. The van der Waals surface area contributed by atoms with Gasteiger partial charge in [0, 0.05) is 30.4 Å². The molecule has 0 fully saturated rings. The maximum atomic E-state index is 13.1. The first kappa shape index (κ1) is 31.0. The van der Waals surface area contributed by atoms with Crippen molar-refractivity contribution in [2.75, 3.05) is 26.1 Å². The summed E-state index contributed by atoms with van der Waals surface area (Å²) in [4.78, 5) is 25.2. The molecule has 4 rings (SSSR count). The van der Waals surface area contributed by atoms with Crippen molar-refractivity contribution in [2.45, 2.75) is 44.6 Å². The largest absolute Gasteiger partial charge is 0.468 e. The van der Waals surface area contributed by atoms with Crippen LogP contribution in [0.1, 0.15) is 41.9 Å². The number of rotatable bonds is 12. The van der Waals surface area contributed by atoms with Crippen molar-refractivity contribution in [3.8, 4) is 11.1 Å². The van der Waals surface area contributed by atoms with Crippen LogP contribution in [-0.2, 0) is 30.7 Å². The molecule has 1 atom stereocenters. The second-order valence-electron chi connectivity index (χ2n) is 10.4. The van der Waals surface area contributed by atoms with E-state index >= 15 is 0 Å². The van der Waals surface area contributed by atoms with E-state index in [0.717, 1.165) is 40.5 Å². The Kier molecular flexibility index (Phi) is 9.82. The number of anilines is 1. The molecule has 0 unspecified atom stereocenters. The van der Waals surface area contributed by atoms with E-state index in [-0.39, 0.29) is 22.5 Å². The monoisotopic (exact) mass is 592 g/mol. The summed E-state index contributed by atoms with van der Waals surface area (Å²) < 4.78 is 44.0. The fourth-order valence-corrected chi connectivity index (χ4v) is 6.13. The molecule has 10 heteroatoms. The van der Waals surface area contributed by atoms with E-state index < -0.39 is 22.0 Å². The lowest BCUT2D eigenvalue weighted by Gasteiger charge is -2.19. The van der Waals surface area contributed by atoms with E-state index in [4.69, 9.17) is 13.9 Å². The van der Waals surface area contributed by atoms with Gasteiger partial charge in [-0.15, -0.1) is 0 Å². The fraction of sp³-hybridized carbons (Fsp3) is 0.312. The molecule has 222 valence electrons. The topological polar surface area (TPSA) is 124 Å². The summed E-state index contributed by atoms with van der Waals surface area (Å²) in [6, 6.07) is 18.4. The lowest BCUT2D eigenvalue weighted by molar-refractivity contribution is -0.143. The second-order valence-corrected chi connectivity index (χ2v) is 12.1. The number of esters is 1. The molecule has 2 N–H and O–H groups in total. The van der Waals surface area contributed by atoms with E-state index in [1.54, 1.807) is 45.2 Å².